The van der Waals surface area contributed by atoms with Crippen LogP contribution in [0.15, 0.2) is 48.8 Å². The maximum Gasteiger partial charge on any atom is 0.416 e. The highest BCUT2D eigenvalue weighted by atomic mass is 19.4. The third-order valence-electron chi connectivity index (χ3n) is 3.41. The van der Waals surface area contributed by atoms with Crippen molar-refractivity contribution in [2.24, 2.45) is 0 Å². The van der Waals surface area contributed by atoms with Crippen molar-refractivity contribution in [3.63, 3.8) is 0 Å². The van der Waals surface area contributed by atoms with E-state index in [0.29, 0.717) is 0 Å². The molecular weight excluding hydrogens is 337 g/mol. The smallest absolute Gasteiger partial charge is 0.416 e. The summed E-state index contributed by atoms with van der Waals surface area (Å²) in [7, 11) is 1.14. The van der Waals surface area contributed by atoms with Crippen molar-refractivity contribution in [3.8, 4) is 0 Å². The zero-order valence-electron chi connectivity index (χ0n) is 13.2. The number of ether oxygens (including phenoxy) is 1. The van der Waals surface area contributed by atoms with Crippen molar-refractivity contribution in [2.75, 3.05) is 7.11 Å². The maximum absolute atomic E-state index is 12.8. The van der Waals surface area contributed by atoms with Gasteiger partial charge in [0.15, 0.2) is 0 Å². The van der Waals surface area contributed by atoms with Gasteiger partial charge in [-0.1, -0.05) is 18.2 Å². The van der Waals surface area contributed by atoms with Crippen LogP contribution in [0, 0.1) is 0 Å². The van der Waals surface area contributed by atoms with Crippen LogP contribution in [0.2, 0.25) is 0 Å². The molecule has 1 aromatic carbocycles. The van der Waals surface area contributed by atoms with E-state index in [9.17, 15) is 22.8 Å². The lowest BCUT2D eigenvalue weighted by atomic mass is 10.0. The number of esters is 1. The monoisotopic (exact) mass is 352 g/mol. The number of aromatic nitrogens is 1. The minimum atomic E-state index is -4.49. The summed E-state index contributed by atoms with van der Waals surface area (Å²) >= 11 is 0. The fourth-order valence-corrected chi connectivity index (χ4v) is 2.18. The number of carbonyl (C=O) groups is 2. The van der Waals surface area contributed by atoms with Crippen molar-refractivity contribution in [2.45, 2.75) is 18.6 Å². The Hall–Kier alpha value is -2.90. The highest BCUT2D eigenvalue weighted by Crippen LogP contribution is 2.29. The highest BCUT2D eigenvalue weighted by molar-refractivity contribution is 5.96. The van der Waals surface area contributed by atoms with Crippen molar-refractivity contribution in [3.05, 3.63) is 65.5 Å². The van der Waals surface area contributed by atoms with E-state index in [1.807, 2.05) is 0 Å². The van der Waals surface area contributed by atoms with E-state index in [4.69, 9.17) is 0 Å². The quantitative estimate of drug-likeness (QED) is 0.840. The van der Waals surface area contributed by atoms with Crippen LogP contribution in [0.1, 0.15) is 21.5 Å². The first kappa shape index (κ1) is 18.4. The molecule has 1 aromatic heterocycles. The van der Waals surface area contributed by atoms with Crippen LogP contribution in [0.5, 0.6) is 0 Å². The summed E-state index contributed by atoms with van der Waals surface area (Å²) in [4.78, 5) is 27.8. The number of carbonyl (C=O) groups excluding carboxylic acids is 2. The van der Waals surface area contributed by atoms with Gasteiger partial charge in [0.25, 0.3) is 5.91 Å². The number of nitrogens with zero attached hydrogens (tertiary/aromatic N) is 1. The van der Waals surface area contributed by atoms with Crippen LogP contribution in [-0.4, -0.2) is 30.0 Å². The number of methoxy groups -OCH3 is 1. The molecule has 1 heterocycles. The molecule has 5 nitrogen and oxygen atoms in total. The lowest BCUT2D eigenvalue weighted by Crippen LogP contribution is -2.43. The second kappa shape index (κ2) is 7.78. The summed E-state index contributed by atoms with van der Waals surface area (Å²) < 4.78 is 43.0. The summed E-state index contributed by atoms with van der Waals surface area (Å²) in [5.74, 6) is -1.33. The minimum Gasteiger partial charge on any atom is -0.467 e. The van der Waals surface area contributed by atoms with E-state index < -0.39 is 29.7 Å². The molecule has 1 N–H and O–H groups in total. The summed E-state index contributed by atoms with van der Waals surface area (Å²) in [6.07, 6.45) is -1.83. The molecular formula is C17H15F3N2O3. The predicted octanol–water partition coefficient (Wildman–Crippen LogP) is 2.61. The first-order valence-corrected chi connectivity index (χ1v) is 7.26. The van der Waals surface area contributed by atoms with E-state index in [-0.39, 0.29) is 17.5 Å². The Morgan fingerprint density at radius 1 is 1.24 bits per heavy atom. The standard InChI is InChI=1S/C17H15F3N2O3/c1-25-16(24)14(22-15(23)12-5-3-7-21-10-12)9-11-4-2-6-13(8-11)17(18,19)20/h2-8,10,14H,9H2,1H3,(H,22,23)/t14-/m1/s1. The molecule has 8 heteroatoms. The van der Waals surface area contributed by atoms with Crippen molar-refractivity contribution in [1.82, 2.24) is 10.3 Å². The Bertz CT molecular complexity index is 748. The van der Waals surface area contributed by atoms with Gasteiger partial charge in [-0.05, 0) is 23.8 Å². The van der Waals surface area contributed by atoms with E-state index in [1.165, 1.54) is 30.6 Å². The average Bonchev–Trinajstić information content (AvgIpc) is 2.60. The number of halogens is 3. The third kappa shape index (κ3) is 5.03. The second-order valence-corrected chi connectivity index (χ2v) is 5.19. The van der Waals surface area contributed by atoms with Gasteiger partial charge in [-0.15, -0.1) is 0 Å². The molecule has 0 saturated carbocycles. The zero-order chi connectivity index (χ0) is 18.4. The van der Waals surface area contributed by atoms with E-state index >= 15 is 0 Å². The molecule has 132 valence electrons. The van der Waals surface area contributed by atoms with Crippen LogP contribution in [-0.2, 0) is 22.1 Å². The van der Waals surface area contributed by atoms with Crippen LogP contribution in [0.25, 0.3) is 0 Å². The number of hydrogen-bond acceptors (Lipinski definition) is 4. The molecule has 0 bridgehead atoms. The molecule has 0 aliphatic heterocycles. The van der Waals surface area contributed by atoms with Crippen LogP contribution >= 0.6 is 0 Å². The van der Waals surface area contributed by atoms with Crippen LogP contribution < -0.4 is 5.32 Å². The van der Waals surface area contributed by atoms with Crippen molar-refractivity contribution < 1.29 is 27.5 Å². The number of rotatable bonds is 5. The van der Waals surface area contributed by atoms with Gasteiger partial charge in [-0.3, -0.25) is 9.78 Å². The maximum atomic E-state index is 12.8. The molecule has 0 aliphatic rings. The van der Waals surface area contributed by atoms with Gasteiger partial charge in [-0.25, -0.2) is 4.79 Å². The van der Waals surface area contributed by atoms with Gasteiger partial charge in [0.2, 0.25) is 0 Å². The fraction of sp³-hybridized carbons (Fsp3) is 0.235. The number of alkyl halides is 3. The number of benzene rings is 1. The number of hydrogen-bond donors (Lipinski definition) is 1. The average molecular weight is 352 g/mol. The van der Waals surface area contributed by atoms with Gasteiger partial charge in [0.05, 0.1) is 18.2 Å². The normalized spacial score (nSPS) is 12.3. The zero-order valence-corrected chi connectivity index (χ0v) is 13.2. The fourth-order valence-electron chi connectivity index (χ4n) is 2.18. The Morgan fingerprint density at radius 2 is 2.00 bits per heavy atom. The molecule has 0 fully saturated rings. The molecule has 1 atom stereocenters. The molecule has 0 spiro atoms. The lowest BCUT2D eigenvalue weighted by molar-refractivity contribution is -0.142. The van der Waals surface area contributed by atoms with Crippen LogP contribution in [0.3, 0.4) is 0 Å². The van der Waals surface area contributed by atoms with Gasteiger partial charge in [-0.2, -0.15) is 13.2 Å². The Labute approximate surface area is 141 Å². The van der Waals surface area contributed by atoms with Gasteiger partial charge < -0.3 is 10.1 Å². The predicted molar refractivity (Wildman–Crippen MR) is 82.7 cm³/mol. The second-order valence-electron chi connectivity index (χ2n) is 5.19. The first-order valence-electron chi connectivity index (χ1n) is 7.26. The Kier molecular flexibility index (Phi) is 5.74. The topological polar surface area (TPSA) is 68.3 Å². The van der Waals surface area contributed by atoms with Gasteiger partial charge in [0.1, 0.15) is 6.04 Å². The van der Waals surface area contributed by atoms with E-state index in [1.54, 1.807) is 6.07 Å². The SMILES string of the molecule is COC(=O)[C@@H](Cc1cccc(C(F)(F)F)c1)NC(=O)c1cccnc1. The molecule has 25 heavy (non-hydrogen) atoms. The molecule has 1 amide bonds. The Morgan fingerprint density at radius 3 is 2.60 bits per heavy atom. The molecule has 2 rings (SSSR count). The largest absolute Gasteiger partial charge is 0.467 e. The van der Waals surface area contributed by atoms with E-state index in [2.05, 4.69) is 15.0 Å². The minimum absolute atomic E-state index is 0.136. The molecule has 0 radical (unpaired) electrons. The van der Waals surface area contributed by atoms with Gasteiger partial charge >= 0.3 is 12.1 Å². The summed E-state index contributed by atoms with van der Waals surface area (Å²) in [6.45, 7) is 0. The van der Waals surface area contributed by atoms with E-state index in [0.717, 1.165) is 19.2 Å². The van der Waals surface area contributed by atoms with Crippen molar-refractivity contribution in [1.29, 1.82) is 0 Å². The molecule has 0 unspecified atom stereocenters. The Balaban J connectivity index is 2.19. The molecule has 0 saturated heterocycles. The molecule has 0 aliphatic carbocycles. The number of nitrogens with one attached hydrogen (secondary N) is 1. The lowest BCUT2D eigenvalue weighted by Gasteiger charge is -2.17. The molecule has 2 aromatic rings. The van der Waals surface area contributed by atoms with Crippen molar-refractivity contribution >= 4 is 11.9 Å². The number of amides is 1. The summed E-state index contributed by atoms with van der Waals surface area (Å²) in [6, 6.07) is 6.49. The number of pyridine rings is 1. The van der Waals surface area contributed by atoms with Gasteiger partial charge in [0, 0.05) is 18.8 Å². The van der Waals surface area contributed by atoms with Crippen LogP contribution in [0.4, 0.5) is 13.2 Å². The summed E-state index contributed by atoms with van der Waals surface area (Å²) in [5.41, 5.74) is -0.357. The first-order chi connectivity index (χ1) is 11.8. The summed E-state index contributed by atoms with van der Waals surface area (Å²) in [5, 5.41) is 2.46. The third-order valence-corrected chi connectivity index (χ3v) is 3.41. The highest BCUT2D eigenvalue weighted by Gasteiger charge is 2.31.